The van der Waals surface area contributed by atoms with Gasteiger partial charge in [-0.25, -0.2) is 4.98 Å². The van der Waals surface area contributed by atoms with Crippen LogP contribution < -0.4 is 5.32 Å². The third kappa shape index (κ3) is 3.54. The second-order valence-corrected chi connectivity index (χ2v) is 7.56. The van der Waals surface area contributed by atoms with Crippen LogP contribution in [0.2, 0.25) is 0 Å². The Balaban J connectivity index is 1.53. The average molecular weight is 406 g/mol. The molecule has 2 heterocycles. The molecule has 0 saturated carbocycles. The van der Waals surface area contributed by atoms with Gasteiger partial charge in [0.1, 0.15) is 10.7 Å². The number of alkyl halides is 3. The third-order valence-electron chi connectivity index (χ3n) is 4.85. The van der Waals surface area contributed by atoms with Crippen LogP contribution in [0.5, 0.6) is 0 Å². The SMILES string of the molecule is Cn1ncc2c1CCCC2NC(=O)c1csc(-c2cccc(C(F)(F)F)c2)n1. The topological polar surface area (TPSA) is 59.8 Å². The lowest BCUT2D eigenvalue weighted by molar-refractivity contribution is -0.137. The minimum absolute atomic E-state index is 0.136. The Kier molecular flexibility index (Phi) is 4.70. The van der Waals surface area contributed by atoms with E-state index in [0.717, 1.165) is 54.0 Å². The van der Waals surface area contributed by atoms with Gasteiger partial charge in [0.2, 0.25) is 0 Å². The van der Waals surface area contributed by atoms with Gasteiger partial charge in [-0.1, -0.05) is 12.1 Å². The quantitative estimate of drug-likeness (QED) is 0.703. The maximum absolute atomic E-state index is 12.9. The minimum Gasteiger partial charge on any atom is -0.344 e. The summed E-state index contributed by atoms with van der Waals surface area (Å²) in [4.78, 5) is 16.9. The molecule has 4 rings (SSSR count). The summed E-state index contributed by atoms with van der Waals surface area (Å²) in [6.07, 6.45) is 0.0398. The molecule has 5 nitrogen and oxygen atoms in total. The second kappa shape index (κ2) is 7.05. The molecular weight excluding hydrogens is 389 g/mol. The van der Waals surface area contributed by atoms with Crippen molar-refractivity contribution in [1.82, 2.24) is 20.1 Å². The van der Waals surface area contributed by atoms with Crippen LogP contribution in [0, 0.1) is 0 Å². The zero-order chi connectivity index (χ0) is 19.9. The van der Waals surface area contributed by atoms with Gasteiger partial charge >= 0.3 is 6.18 Å². The number of aromatic nitrogens is 3. The van der Waals surface area contributed by atoms with Crippen molar-refractivity contribution in [3.05, 3.63) is 58.4 Å². The first-order chi connectivity index (χ1) is 13.3. The first-order valence-corrected chi connectivity index (χ1v) is 9.65. The number of rotatable bonds is 3. The van der Waals surface area contributed by atoms with Gasteiger partial charge in [0.25, 0.3) is 5.91 Å². The van der Waals surface area contributed by atoms with Crippen LogP contribution in [0.4, 0.5) is 13.2 Å². The normalized spacial score (nSPS) is 16.6. The molecule has 1 N–H and O–H groups in total. The smallest absolute Gasteiger partial charge is 0.344 e. The van der Waals surface area contributed by atoms with Crippen molar-refractivity contribution in [2.24, 2.45) is 7.05 Å². The van der Waals surface area contributed by atoms with Gasteiger partial charge in [-0.05, 0) is 31.4 Å². The van der Waals surface area contributed by atoms with E-state index < -0.39 is 11.7 Å². The summed E-state index contributed by atoms with van der Waals surface area (Å²) >= 11 is 1.15. The Morgan fingerprint density at radius 3 is 2.96 bits per heavy atom. The number of halogens is 3. The molecule has 1 amide bonds. The first-order valence-electron chi connectivity index (χ1n) is 8.77. The molecular formula is C19H17F3N4OS. The predicted octanol–water partition coefficient (Wildman–Crippen LogP) is 4.37. The molecule has 0 spiro atoms. The molecule has 0 saturated heterocycles. The van der Waals surface area contributed by atoms with Gasteiger partial charge in [-0.15, -0.1) is 11.3 Å². The summed E-state index contributed by atoms with van der Waals surface area (Å²) in [6.45, 7) is 0. The number of carbonyl (C=O) groups is 1. The van der Waals surface area contributed by atoms with Crippen LogP contribution in [-0.4, -0.2) is 20.7 Å². The minimum atomic E-state index is -4.42. The number of nitrogens with zero attached hydrogens (tertiary/aromatic N) is 3. The van der Waals surface area contributed by atoms with E-state index >= 15 is 0 Å². The number of benzene rings is 1. The van der Waals surface area contributed by atoms with Gasteiger partial charge in [0.05, 0.1) is 17.8 Å². The zero-order valence-corrected chi connectivity index (χ0v) is 15.8. The summed E-state index contributed by atoms with van der Waals surface area (Å²) in [7, 11) is 1.88. The van der Waals surface area contributed by atoms with Crippen molar-refractivity contribution < 1.29 is 18.0 Å². The van der Waals surface area contributed by atoms with E-state index in [1.165, 1.54) is 6.07 Å². The number of hydrogen-bond donors (Lipinski definition) is 1. The molecule has 0 radical (unpaired) electrons. The van der Waals surface area contributed by atoms with Crippen molar-refractivity contribution in [3.63, 3.8) is 0 Å². The Bertz CT molecular complexity index is 1020. The van der Waals surface area contributed by atoms with Gasteiger partial charge in [0, 0.05) is 29.2 Å². The molecule has 1 atom stereocenters. The van der Waals surface area contributed by atoms with E-state index in [4.69, 9.17) is 0 Å². The van der Waals surface area contributed by atoms with E-state index in [1.807, 2.05) is 11.7 Å². The fourth-order valence-corrected chi connectivity index (χ4v) is 4.22. The Morgan fingerprint density at radius 2 is 2.18 bits per heavy atom. The highest BCUT2D eigenvalue weighted by Gasteiger charge is 2.31. The van der Waals surface area contributed by atoms with E-state index in [9.17, 15) is 18.0 Å². The fourth-order valence-electron chi connectivity index (χ4n) is 3.43. The largest absolute Gasteiger partial charge is 0.416 e. The van der Waals surface area contributed by atoms with Crippen molar-refractivity contribution in [1.29, 1.82) is 0 Å². The van der Waals surface area contributed by atoms with Crippen LogP contribution in [-0.2, 0) is 19.6 Å². The van der Waals surface area contributed by atoms with Crippen molar-refractivity contribution >= 4 is 17.2 Å². The Hall–Kier alpha value is -2.68. The lowest BCUT2D eigenvalue weighted by atomic mass is 9.93. The summed E-state index contributed by atoms with van der Waals surface area (Å²) < 4.78 is 40.6. The van der Waals surface area contributed by atoms with Gasteiger partial charge < -0.3 is 5.32 Å². The molecule has 1 aromatic carbocycles. The molecule has 0 fully saturated rings. The molecule has 0 aliphatic heterocycles. The third-order valence-corrected chi connectivity index (χ3v) is 5.75. The van der Waals surface area contributed by atoms with E-state index in [0.29, 0.717) is 10.6 Å². The molecule has 0 bridgehead atoms. The lowest BCUT2D eigenvalue weighted by Gasteiger charge is -2.23. The Morgan fingerprint density at radius 1 is 1.36 bits per heavy atom. The standard InChI is InChI=1S/C19H17F3N4OS/c1-26-16-7-3-6-14(13(16)9-23-26)24-17(27)15-10-28-18(25-15)11-4-2-5-12(8-11)19(20,21)22/h2,4-5,8-10,14H,3,6-7H2,1H3,(H,24,27). The molecule has 9 heteroatoms. The van der Waals surface area contributed by atoms with Gasteiger partial charge in [-0.3, -0.25) is 9.48 Å². The number of nitrogens with one attached hydrogen (secondary N) is 1. The number of fused-ring (bicyclic) bond motifs is 1. The van der Waals surface area contributed by atoms with Crippen molar-refractivity contribution in [2.45, 2.75) is 31.5 Å². The average Bonchev–Trinajstić information content (AvgIpc) is 3.30. The molecule has 1 aliphatic rings. The number of thiazole rings is 1. The van der Waals surface area contributed by atoms with E-state index in [1.54, 1.807) is 17.6 Å². The van der Waals surface area contributed by atoms with Crippen LogP contribution >= 0.6 is 11.3 Å². The van der Waals surface area contributed by atoms with Crippen LogP contribution in [0.1, 0.15) is 46.2 Å². The van der Waals surface area contributed by atoms with Crippen LogP contribution in [0.3, 0.4) is 0 Å². The highest BCUT2D eigenvalue weighted by molar-refractivity contribution is 7.13. The summed E-state index contributed by atoms with van der Waals surface area (Å²) in [6, 6.07) is 4.82. The van der Waals surface area contributed by atoms with Gasteiger partial charge in [-0.2, -0.15) is 18.3 Å². The van der Waals surface area contributed by atoms with E-state index in [2.05, 4.69) is 15.4 Å². The van der Waals surface area contributed by atoms with Gasteiger partial charge in [0.15, 0.2) is 0 Å². The molecule has 1 unspecified atom stereocenters. The number of amides is 1. The number of hydrogen-bond acceptors (Lipinski definition) is 4. The van der Waals surface area contributed by atoms with Crippen molar-refractivity contribution in [3.8, 4) is 10.6 Å². The monoisotopic (exact) mass is 406 g/mol. The highest BCUT2D eigenvalue weighted by Crippen LogP contribution is 2.33. The second-order valence-electron chi connectivity index (χ2n) is 6.70. The number of carbonyl (C=O) groups excluding carboxylic acids is 1. The molecule has 3 aromatic rings. The zero-order valence-electron chi connectivity index (χ0n) is 15.0. The molecule has 1 aliphatic carbocycles. The first kappa shape index (κ1) is 18.7. The fraction of sp³-hybridized carbons (Fsp3) is 0.316. The van der Waals surface area contributed by atoms with Crippen LogP contribution in [0.15, 0.2) is 35.8 Å². The maximum atomic E-state index is 12.9. The van der Waals surface area contributed by atoms with Crippen molar-refractivity contribution in [2.75, 3.05) is 0 Å². The lowest BCUT2D eigenvalue weighted by Crippen LogP contribution is -2.31. The summed E-state index contributed by atoms with van der Waals surface area (Å²) in [5.41, 5.74) is 1.92. The Labute approximate surface area is 163 Å². The summed E-state index contributed by atoms with van der Waals surface area (Å²) in [5, 5.41) is 9.18. The highest BCUT2D eigenvalue weighted by atomic mass is 32.1. The maximum Gasteiger partial charge on any atom is 0.416 e. The van der Waals surface area contributed by atoms with Crippen LogP contribution in [0.25, 0.3) is 10.6 Å². The molecule has 28 heavy (non-hydrogen) atoms. The molecule has 2 aromatic heterocycles. The molecule has 146 valence electrons. The summed E-state index contributed by atoms with van der Waals surface area (Å²) in [5.74, 6) is -0.337. The number of aryl methyl sites for hydroxylation is 1. The van der Waals surface area contributed by atoms with E-state index in [-0.39, 0.29) is 17.6 Å². The predicted molar refractivity (Wildman–Crippen MR) is 98.9 cm³/mol.